The van der Waals surface area contributed by atoms with E-state index in [9.17, 15) is 4.11 Å². The van der Waals surface area contributed by atoms with Gasteiger partial charge in [-0.3, -0.25) is 0 Å². The normalized spacial score (nSPS) is 11.3. The average Bonchev–Trinajstić information content (AvgIpc) is 2.65. The Morgan fingerprint density at radius 2 is 0.680 bits per heavy atom. The molecule has 0 saturated carbocycles. The highest BCUT2D eigenvalue weighted by Gasteiger charge is 2.40. The van der Waals surface area contributed by atoms with Gasteiger partial charge >= 0.3 is 9.14 Å². The fourth-order valence-corrected chi connectivity index (χ4v) is 3.19. The zero-order valence-corrected chi connectivity index (χ0v) is 18.7. The summed E-state index contributed by atoms with van der Waals surface area (Å²) >= 11 is 0. The highest BCUT2D eigenvalue weighted by Crippen LogP contribution is 2.13. The topological polar surface area (TPSA) is 27.7 Å². The maximum atomic E-state index is 12.5. The quantitative estimate of drug-likeness (QED) is 0.152. The Kier molecular flexibility index (Phi) is 24.1. The van der Waals surface area contributed by atoms with Gasteiger partial charge in [-0.05, 0) is 0 Å². The molecular formula is C20H45FO3Si. The van der Waals surface area contributed by atoms with E-state index in [2.05, 4.69) is 27.1 Å². The maximum absolute atomic E-state index is 12.5. The van der Waals surface area contributed by atoms with Crippen LogP contribution >= 0.6 is 0 Å². The van der Waals surface area contributed by atoms with Gasteiger partial charge < -0.3 is 13.3 Å². The molecule has 25 heavy (non-hydrogen) atoms. The fraction of sp³-hybridized carbons (Fsp3) is 1.00. The van der Waals surface area contributed by atoms with Gasteiger partial charge in [0.25, 0.3) is 0 Å². The van der Waals surface area contributed by atoms with Gasteiger partial charge in [0.15, 0.2) is 0 Å². The first-order valence-corrected chi connectivity index (χ1v) is 12.0. The first kappa shape index (κ1) is 27.2. The Morgan fingerprint density at radius 3 is 0.800 bits per heavy atom. The van der Waals surface area contributed by atoms with Crippen LogP contribution in [-0.2, 0) is 13.3 Å². The lowest BCUT2D eigenvalue weighted by Crippen LogP contribution is -2.37. The summed E-state index contributed by atoms with van der Waals surface area (Å²) in [5.74, 6) is 0. The molecule has 0 rings (SSSR count). The van der Waals surface area contributed by atoms with Gasteiger partial charge in [-0.15, -0.1) is 0 Å². The van der Waals surface area contributed by atoms with E-state index in [1.54, 1.807) is 0 Å². The van der Waals surface area contributed by atoms with Gasteiger partial charge in [0.1, 0.15) is 0 Å². The van der Waals surface area contributed by atoms with E-state index >= 15 is 0 Å². The van der Waals surface area contributed by atoms with Crippen LogP contribution < -0.4 is 0 Å². The first-order chi connectivity index (χ1) is 12.1. The molecule has 154 valence electrons. The van der Waals surface area contributed by atoms with Crippen LogP contribution in [0.25, 0.3) is 0 Å². The van der Waals surface area contributed by atoms with Gasteiger partial charge in [0.2, 0.25) is 0 Å². The molecule has 0 aliphatic heterocycles. The summed E-state index contributed by atoms with van der Waals surface area (Å²) in [5, 5.41) is 0. The average molecular weight is 381 g/mol. The molecule has 0 heterocycles. The summed E-state index contributed by atoms with van der Waals surface area (Å²) in [4.78, 5) is 0. The van der Waals surface area contributed by atoms with Crippen LogP contribution in [0, 0.1) is 0 Å². The molecule has 3 nitrogen and oxygen atoms in total. The highest BCUT2D eigenvalue weighted by molar-refractivity contribution is 6.52. The van der Waals surface area contributed by atoms with E-state index < -0.39 is 9.14 Å². The summed E-state index contributed by atoms with van der Waals surface area (Å²) in [7, 11) is -0.0486. The van der Waals surface area contributed by atoms with Gasteiger partial charge in [-0.1, -0.05) is 110 Å². The SMILES string of the molecule is CCCCCCCCCCCCCCCCC.CO[Si](F)(OC)OC. The Balaban J connectivity index is 0. The predicted octanol–water partition coefficient (Wildman–Crippen LogP) is 7.21. The Morgan fingerprint density at radius 1 is 0.480 bits per heavy atom. The zero-order chi connectivity index (χ0) is 19.2. The van der Waals surface area contributed by atoms with Crippen molar-refractivity contribution in [1.29, 1.82) is 0 Å². The first-order valence-electron chi connectivity index (χ1n) is 10.4. The van der Waals surface area contributed by atoms with Crippen molar-refractivity contribution >= 4 is 9.14 Å². The minimum absolute atomic E-state index is 1.21. The van der Waals surface area contributed by atoms with Gasteiger partial charge in [0, 0.05) is 21.3 Å². The van der Waals surface area contributed by atoms with Crippen molar-refractivity contribution in [3.05, 3.63) is 0 Å². The molecule has 0 aromatic rings. The van der Waals surface area contributed by atoms with Crippen molar-refractivity contribution in [2.45, 2.75) is 110 Å². The van der Waals surface area contributed by atoms with Gasteiger partial charge in [0.05, 0.1) is 0 Å². The van der Waals surface area contributed by atoms with Crippen molar-refractivity contribution in [3.8, 4) is 0 Å². The van der Waals surface area contributed by atoms with E-state index in [4.69, 9.17) is 0 Å². The third-order valence-corrected chi connectivity index (χ3v) is 5.90. The lowest BCUT2D eigenvalue weighted by atomic mass is 10.0. The van der Waals surface area contributed by atoms with Crippen LogP contribution in [0.15, 0.2) is 0 Å². The maximum Gasteiger partial charge on any atom is 0.719 e. The zero-order valence-electron chi connectivity index (χ0n) is 17.7. The summed E-state index contributed by atoms with van der Waals surface area (Å²) < 4.78 is 25.2. The molecule has 0 unspecified atom stereocenters. The molecule has 0 fully saturated rings. The van der Waals surface area contributed by atoms with Crippen LogP contribution in [0.5, 0.6) is 0 Å². The molecule has 0 atom stereocenters. The molecule has 0 amide bonds. The Labute approximate surface area is 158 Å². The van der Waals surface area contributed by atoms with Gasteiger partial charge in [-0.25, -0.2) is 4.11 Å². The minimum atomic E-state index is -3.67. The summed E-state index contributed by atoms with van der Waals surface area (Å²) in [6, 6.07) is 0. The lowest BCUT2D eigenvalue weighted by Gasteiger charge is -2.12. The second kappa shape index (κ2) is 22.1. The largest absolute Gasteiger partial charge is 0.719 e. The molecule has 0 aliphatic rings. The summed E-state index contributed by atoms with van der Waals surface area (Å²) in [5.41, 5.74) is 0. The summed E-state index contributed by atoms with van der Waals surface area (Å²) in [6.07, 6.45) is 21.9. The van der Waals surface area contributed by atoms with Crippen molar-refractivity contribution in [2.75, 3.05) is 21.3 Å². The van der Waals surface area contributed by atoms with E-state index in [0.717, 1.165) is 0 Å². The van der Waals surface area contributed by atoms with Crippen molar-refractivity contribution in [1.82, 2.24) is 0 Å². The molecule has 0 N–H and O–H groups in total. The molecule has 0 aromatic heterocycles. The van der Waals surface area contributed by atoms with Crippen LogP contribution in [-0.4, -0.2) is 30.5 Å². The Hall–Kier alpha value is 0.0269. The molecule has 0 saturated heterocycles. The Bertz CT molecular complexity index is 217. The molecule has 0 spiro atoms. The van der Waals surface area contributed by atoms with Gasteiger partial charge in [-0.2, -0.15) is 0 Å². The molecule has 0 aliphatic carbocycles. The molecular weight excluding hydrogens is 335 g/mol. The van der Waals surface area contributed by atoms with Crippen LogP contribution in [0.2, 0.25) is 0 Å². The number of hydrogen-bond acceptors (Lipinski definition) is 3. The van der Waals surface area contributed by atoms with E-state index in [0.29, 0.717) is 0 Å². The van der Waals surface area contributed by atoms with E-state index in [1.807, 2.05) is 0 Å². The van der Waals surface area contributed by atoms with E-state index in [-0.39, 0.29) is 0 Å². The van der Waals surface area contributed by atoms with Crippen molar-refractivity contribution in [2.24, 2.45) is 0 Å². The lowest BCUT2D eigenvalue weighted by molar-refractivity contribution is 0.0763. The highest BCUT2D eigenvalue weighted by atomic mass is 28.4. The molecule has 0 bridgehead atoms. The van der Waals surface area contributed by atoms with Crippen molar-refractivity contribution < 1.29 is 17.4 Å². The van der Waals surface area contributed by atoms with Crippen molar-refractivity contribution in [3.63, 3.8) is 0 Å². The van der Waals surface area contributed by atoms with Crippen LogP contribution in [0.1, 0.15) is 110 Å². The number of halogens is 1. The summed E-state index contributed by atoms with van der Waals surface area (Å²) in [6.45, 7) is 4.58. The monoisotopic (exact) mass is 380 g/mol. The second-order valence-corrected chi connectivity index (χ2v) is 8.88. The second-order valence-electron chi connectivity index (χ2n) is 6.69. The van der Waals surface area contributed by atoms with Crippen LogP contribution in [0.4, 0.5) is 4.11 Å². The molecule has 0 radical (unpaired) electrons. The predicted molar refractivity (Wildman–Crippen MR) is 108 cm³/mol. The fourth-order valence-electron chi connectivity index (χ4n) is 2.69. The molecule has 5 heteroatoms. The third kappa shape index (κ3) is 22.0. The number of rotatable bonds is 17. The minimum Gasteiger partial charge on any atom is -0.352 e. The molecule has 0 aromatic carbocycles. The standard InChI is InChI=1S/C17H36.C3H9FO3Si/c1-3-5-7-9-11-13-15-17-16-14-12-10-8-6-4-2;1-5-8(4,6-2)7-3/h3-17H2,1-2H3;1-3H3. The van der Waals surface area contributed by atoms with E-state index in [1.165, 1.54) is 118 Å². The number of hydrogen-bond donors (Lipinski definition) is 0. The third-order valence-electron chi connectivity index (χ3n) is 4.44. The van der Waals surface area contributed by atoms with Crippen LogP contribution in [0.3, 0.4) is 0 Å². The number of unbranched alkanes of at least 4 members (excludes halogenated alkanes) is 14. The smallest absolute Gasteiger partial charge is 0.352 e.